The number of imidazole rings is 1. The number of pyridine rings is 1. The normalized spacial score (nSPS) is 19.6. The number of aliphatic hydroxyl groups is 1. The van der Waals surface area contributed by atoms with E-state index < -0.39 is 0 Å². The van der Waals surface area contributed by atoms with Gasteiger partial charge in [-0.05, 0) is 31.7 Å². The Bertz CT molecular complexity index is 963. The van der Waals surface area contributed by atoms with Gasteiger partial charge in [-0.25, -0.2) is 9.97 Å². The van der Waals surface area contributed by atoms with Gasteiger partial charge in [0.2, 0.25) is 0 Å². The number of methoxy groups -OCH3 is 1. The van der Waals surface area contributed by atoms with Crippen LogP contribution in [-0.4, -0.2) is 44.8 Å². The van der Waals surface area contributed by atoms with Crippen molar-refractivity contribution < 1.29 is 14.6 Å². The molecule has 2 aromatic heterocycles. The molecule has 2 N–H and O–H groups in total. The van der Waals surface area contributed by atoms with Gasteiger partial charge in [-0.2, -0.15) is 0 Å². The number of nitrogens with zero attached hydrogens (tertiary/aromatic N) is 3. The van der Waals surface area contributed by atoms with Crippen LogP contribution in [0.15, 0.2) is 43.0 Å². The highest BCUT2D eigenvalue weighted by atomic mass is 16.5. The highest BCUT2D eigenvalue weighted by Crippen LogP contribution is 2.25. The Balaban J connectivity index is 1.70. The average Bonchev–Trinajstić information content (AvgIpc) is 3.28. The van der Waals surface area contributed by atoms with Gasteiger partial charge in [0.1, 0.15) is 12.1 Å². The molecule has 0 atom stereocenters. The molecule has 2 heterocycles. The van der Waals surface area contributed by atoms with Crippen molar-refractivity contribution in [2.75, 3.05) is 7.11 Å². The van der Waals surface area contributed by atoms with Crippen LogP contribution < -0.4 is 5.32 Å². The summed E-state index contributed by atoms with van der Waals surface area (Å²) in [5.74, 6) is 0.476. The van der Waals surface area contributed by atoms with E-state index in [-0.39, 0.29) is 24.7 Å². The molecule has 146 valence electrons. The summed E-state index contributed by atoms with van der Waals surface area (Å²) in [4.78, 5) is 21.9. The zero-order valence-electron chi connectivity index (χ0n) is 15.8. The van der Waals surface area contributed by atoms with E-state index in [0.29, 0.717) is 22.5 Å². The summed E-state index contributed by atoms with van der Waals surface area (Å²) in [6.07, 6.45) is 9.09. The molecule has 0 radical (unpaired) electrons. The third-order valence-electron chi connectivity index (χ3n) is 5.44. The van der Waals surface area contributed by atoms with Crippen molar-refractivity contribution in [1.82, 2.24) is 19.9 Å². The van der Waals surface area contributed by atoms with Crippen molar-refractivity contribution in [3.63, 3.8) is 0 Å². The number of benzene rings is 1. The van der Waals surface area contributed by atoms with Crippen molar-refractivity contribution in [2.24, 2.45) is 0 Å². The Morgan fingerprint density at radius 1 is 1.32 bits per heavy atom. The lowest BCUT2D eigenvalue weighted by Crippen LogP contribution is -2.39. The predicted molar refractivity (Wildman–Crippen MR) is 105 cm³/mol. The SMILES string of the molecule is CO[C@H]1CC[C@H](NC(=O)c2cc(-n3ccnc3)nc3c(CO)cccc23)CC1. The van der Waals surface area contributed by atoms with Gasteiger partial charge in [0, 0.05) is 36.5 Å². The van der Waals surface area contributed by atoms with E-state index in [0.717, 1.165) is 31.1 Å². The lowest BCUT2D eigenvalue weighted by atomic mass is 9.92. The standard InChI is InChI=1S/C21H24N4O3/c1-28-16-7-5-15(6-8-16)23-21(27)18-11-19(25-10-9-22-13-25)24-20-14(12-26)3-2-4-17(18)20/h2-4,9-11,13,15-16,26H,5-8,12H2,1H3,(H,23,27)/t15-,16-. The fraction of sp³-hybridized carbons (Fsp3) is 0.381. The molecule has 0 spiro atoms. The Morgan fingerprint density at radius 3 is 2.82 bits per heavy atom. The van der Waals surface area contributed by atoms with Crippen molar-refractivity contribution in [3.05, 3.63) is 54.1 Å². The summed E-state index contributed by atoms with van der Waals surface area (Å²) in [5.41, 5.74) is 1.87. The molecule has 7 nitrogen and oxygen atoms in total. The first-order valence-electron chi connectivity index (χ1n) is 9.55. The second-order valence-electron chi connectivity index (χ2n) is 7.15. The second-order valence-corrected chi connectivity index (χ2v) is 7.15. The molecule has 3 aromatic rings. The van der Waals surface area contributed by atoms with E-state index in [9.17, 15) is 9.90 Å². The number of amides is 1. The fourth-order valence-electron chi connectivity index (χ4n) is 3.84. The van der Waals surface area contributed by atoms with E-state index in [1.54, 1.807) is 36.5 Å². The highest BCUT2D eigenvalue weighted by Gasteiger charge is 2.24. The molecule has 1 aliphatic carbocycles. The van der Waals surface area contributed by atoms with Gasteiger partial charge in [0.15, 0.2) is 0 Å². The summed E-state index contributed by atoms with van der Waals surface area (Å²) in [6.45, 7) is -0.139. The zero-order valence-corrected chi connectivity index (χ0v) is 15.8. The number of rotatable bonds is 5. The minimum absolute atomic E-state index is 0.121. The molecule has 0 saturated heterocycles. The first kappa shape index (κ1) is 18.6. The average molecular weight is 380 g/mol. The van der Waals surface area contributed by atoms with Gasteiger partial charge in [0.25, 0.3) is 5.91 Å². The monoisotopic (exact) mass is 380 g/mol. The van der Waals surface area contributed by atoms with Crippen molar-refractivity contribution in [2.45, 2.75) is 44.4 Å². The number of fused-ring (bicyclic) bond motifs is 1. The van der Waals surface area contributed by atoms with Gasteiger partial charge >= 0.3 is 0 Å². The Kier molecular flexibility index (Phi) is 5.36. The van der Waals surface area contributed by atoms with Gasteiger partial charge in [-0.3, -0.25) is 9.36 Å². The van der Waals surface area contributed by atoms with Gasteiger partial charge in [-0.15, -0.1) is 0 Å². The first-order chi connectivity index (χ1) is 13.7. The largest absolute Gasteiger partial charge is 0.392 e. The molecule has 1 aromatic carbocycles. The number of aromatic nitrogens is 3. The van der Waals surface area contributed by atoms with Crippen LogP contribution in [0.25, 0.3) is 16.7 Å². The van der Waals surface area contributed by atoms with Gasteiger partial charge in [0.05, 0.1) is 23.8 Å². The van der Waals surface area contributed by atoms with Crippen LogP contribution in [0.2, 0.25) is 0 Å². The summed E-state index contributed by atoms with van der Waals surface area (Å²) < 4.78 is 7.17. The number of ether oxygens (including phenoxy) is 1. The fourth-order valence-corrected chi connectivity index (χ4v) is 3.84. The maximum atomic E-state index is 13.1. The smallest absolute Gasteiger partial charge is 0.252 e. The molecular weight excluding hydrogens is 356 g/mol. The zero-order chi connectivity index (χ0) is 19.5. The minimum atomic E-state index is -0.139. The molecule has 0 unspecified atom stereocenters. The van der Waals surface area contributed by atoms with E-state index in [2.05, 4.69) is 15.3 Å². The molecule has 1 saturated carbocycles. The molecule has 4 rings (SSSR count). The number of nitrogens with one attached hydrogen (secondary N) is 1. The lowest BCUT2D eigenvalue weighted by molar-refractivity contribution is 0.0599. The summed E-state index contributed by atoms with van der Waals surface area (Å²) in [5, 5.41) is 13.6. The van der Waals surface area contributed by atoms with Crippen molar-refractivity contribution in [3.8, 4) is 5.82 Å². The second kappa shape index (κ2) is 8.08. The van der Waals surface area contributed by atoms with Crippen LogP contribution in [0, 0.1) is 0 Å². The number of carbonyl (C=O) groups is 1. The summed E-state index contributed by atoms with van der Waals surface area (Å²) in [6, 6.07) is 7.45. The van der Waals surface area contributed by atoms with Crippen LogP contribution in [-0.2, 0) is 11.3 Å². The molecule has 1 amide bonds. The van der Waals surface area contributed by atoms with Crippen molar-refractivity contribution >= 4 is 16.8 Å². The third kappa shape index (κ3) is 3.63. The first-order valence-corrected chi connectivity index (χ1v) is 9.55. The summed E-state index contributed by atoms with van der Waals surface area (Å²) >= 11 is 0. The quantitative estimate of drug-likeness (QED) is 0.710. The van der Waals surface area contributed by atoms with Crippen molar-refractivity contribution in [1.29, 1.82) is 0 Å². The maximum Gasteiger partial charge on any atom is 0.252 e. The number of carbonyl (C=O) groups excluding carboxylic acids is 1. The molecule has 0 bridgehead atoms. The van der Waals surface area contributed by atoms with Gasteiger partial charge < -0.3 is 15.2 Å². The molecule has 1 aliphatic rings. The van der Waals surface area contributed by atoms with E-state index in [1.807, 2.05) is 18.2 Å². The lowest BCUT2D eigenvalue weighted by Gasteiger charge is -2.28. The van der Waals surface area contributed by atoms with Crippen LogP contribution in [0.4, 0.5) is 0 Å². The van der Waals surface area contributed by atoms with Crippen LogP contribution >= 0.6 is 0 Å². The molecular formula is C21H24N4O3. The highest BCUT2D eigenvalue weighted by molar-refractivity contribution is 6.07. The molecule has 1 fully saturated rings. The van der Waals surface area contributed by atoms with E-state index >= 15 is 0 Å². The molecule has 28 heavy (non-hydrogen) atoms. The van der Waals surface area contributed by atoms with Crippen LogP contribution in [0.1, 0.15) is 41.6 Å². The van der Waals surface area contributed by atoms with Crippen LogP contribution in [0.3, 0.4) is 0 Å². The Morgan fingerprint density at radius 2 is 2.14 bits per heavy atom. The number of aliphatic hydroxyl groups excluding tert-OH is 1. The summed E-state index contributed by atoms with van der Waals surface area (Å²) in [7, 11) is 1.74. The maximum absolute atomic E-state index is 13.1. The Hall–Kier alpha value is -2.77. The van der Waals surface area contributed by atoms with E-state index in [4.69, 9.17) is 4.74 Å². The number of hydrogen-bond acceptors (Lipinski definition) is 5. The topological polar surface area (TPSA) is 89.3 Å². The number of para-hydroxylation sites is 1. The minimum Gasteiger partial charge on any atom is -0.392 e. The predicted octanol–water partition coefficient (Wildman–Crippen LogP) is 2.60. The van der Waals surface area contributed by atoms with Gasteiger partial charge in [-0.1, -0.05) is 18.2 Å². The molecule has 0 aliphatic heterocycles. The van der Waals surface area contributed by atoms with Crippen LogP contribution in [0.5, 0.6) is 0 Å². The molecule has 7 heteroatoms. The Labute approximate surface area is 163 Å². The number of hydrogen-bond donors (Lipinski definition) is 2. The van der Waals surface area contributed by atoms with E-state index in [1.165, 1.54) is 0 Å². The third-order valence-corrected chi connectivity index (χ3v) is 5.44.